The molecule has 1 heterocycles. The van der Waals surface area contributed by atoms with Crippen LogP contribution in [0.15, 0.2) is 47.1 Å². The predicted octanol–water partition coefficient (Wildman–Crippen LogP) is 0.845. The van der Waals surface area contributed by atoms with Gasteiger partial charge < -0.3 is 9.73 Å². The molecule has 0 unspecified atom stereocenters. The van der Waals surface area contributed by atoms with Gasteiger partial charge in [0.25, 0.3) is 16.1 Å². The Morgan fingerprint density at radius 3 is 2.41 bits per heavy atom. The molecule has 3 N–H and O–H groups in total. The second-order valence-corrected chi connectivity index (χ2v) is 6.21. The zero-order valence-corrected chi connectivity index (χ0v) is 12.8. The molecule has 1 amide bonds. The Morgan fingerprint density at radius 1 is 1.23 bits per heavy atom. The molecule has 0 fully saturated rings. The number of nitrogens with one attached hydrogen (secondary N) is 1. The van der Waals surface area contributed by atoms with Gasteiger partial charge in [-0.15, -0.1) is 0 Å². The number of benzene rings is 1. The molecule has 8 heteroatoms. The number of hydrogen-bond donors (Lipinski definition) is 2. The molecule has 0 atom stereocenters. The van der Waals surface area contributed by atoms with Crippen LogP contribution in [-0.2, 0) is 23.3 Å². The first-order valence-electron chi connectivity index (χ1n) is 6.51. The van der Waals surface area contributed by atoms with Crippen molar-refractivity contribution in [2.75, 3.05) is 7.05 Å². The Kier molecular flexibility index (Phi) is 4.96. The number of rotatable bonds is 6. The Morgan fingerprint density at radius 2 is 1.91 bits per heavy atom. The number of nitrogens with zero attached hydrogens (tertiary/aromatic N) is 1. The van der Waals surface area contributed by atoms with Gasteiger partial charge in [-0.05, 0) is 29.8 Å². The van der Waals surface area contributed by atoms with E-state index in [0.29, 0.717) is 16.9 Å². The van der Waals surface area contributed by atoms with Gasteiger partial charge in [0.05, 0.1) is 12.8 Å². The topological polar surface area (TPSA) is 106 Å². The van der Waals surface area contributed by atoms with Crippen molar-refractivity contribution >= 4 is 16.1 Å². The third-order valence-corrected chi connectivity index (χ3v) is 4.05. The van der Waals surface area contributed by atoms with Gasteiger partial charge in [0.15, 0.2) is 0 Å². The van der Waals surface area contributed by atoms with Gasteiger partial charge in [0.2, 0.25) is 0 Å². The molecule has 0 bridgehead atoms. The molecule has 2 aromatic rings. The lowest BCUT2D eigenvalue weighted by molar-refractivity contribution is 0.0963. The lowest BCUT2D eigenvalue weighted by atomic mass is 10.1. The van der Waals surface area contributed by atoms with Gasteiger partial charge >= 0.3 is 0 Å². The predicted molar refractivity (Wildman–Crippen MR) is 80.9 cm³/mol. The summed E-state index contributed by atoms with van der Waals surface area (Å²) in [6.07, 6.45) is 1.47. The highest BCUT2D eigenvalue weighted by molar-refractivity contribution is 7.86. The Balaban J connectivity index is 2.15. The van der Waals surface area contributed by atoms with Gasteiger partial charge in [-0.1, -0.05) is 12.1 Å². The minimum atomic E-state index is -3.88. The van der Waals surface area contributed by atoms with Crippen molar-refractivity contribution < 1.29 is 17.6 Å². The first-order valence-corrected chi connectivity index (χ1v) is 8.02. The van der Waals surface area contributed by atoms with E-state index in [4.69, 9.17) is 9.56 Å². The minimum Gasteiger partial charge on any atom is -0.468 e. The van der Waals surface area contributed by atoms with Crippen LogP contribution in [0.5, 0.6) is 0 Å². The second-order valence-electron chi connectivity index (χ2n) is 4.67. The van der Waals surface area contributed by atoms with Crippen molar-refractivity contribution in [3.63, 3.8) is 0 Å². The molecule has 0 radical (unpaired) electrons. The summed E-state index contributed by atoms with van der Waals surface area (Å²) in [6, 6.07) is 9.97. The third kappa shape index (κ3) is 4.17. The van der Waals surface area contributed by atoms with Gasteiger partial charge in [-0.2, -0.15) is 12.7 Å². The molecule has 0 aliphatic rings. The molecule has 0 spiro atoms. The van der Waals surface area contributed by atoms with Gasteiger partial charge in [0, 0.05) is 19.2 Å². The van der Waals surface area contributed by atoms with Gasteiger partial charge in [-0.3, -0.25) is 4.79 Å². The van der Waals surface area contributed by atoms with E-state index in [1.165, 1.54) is 6.26 Å². The zero-order chi connectivity index (χ0) is 16.2. The van der Waals surface area contributed by atoms with Crippen LogP contribution >= 0.6 is 0 Å². The van der Waals surface area contributed by atoms with Gasteiger partial charge in [0.1, 0.15) is 5.76 Å². The van der Waals surface area contributed by atoms with Crippen LogP contribution in [0.1, 0.15) is 21.7 Å². The summed E-state index contributed by atoms with van der Waals surface area (Å²) < 4.78 is 29.6. The number of hydrogen-bond acceptors (Lipinski definition) is 4. The molecule has 2 rings (SSSR count). The van der Waals surface area contributed by atoms with E-state index in [-0.39, 0.29) is 19.0 Å². The molecule has 7 nitrogen and oxygen atoms in total. The van der Waals surface area contributed by atoms with Crippen LogP contribution in [0.2, 0.25) is 0 Å². The van der Waals surface area contributed by atoms with Crippen LogP contribution in [0.4, 0.5) is 0 Å². The van der Waals surface area contributed by atoms with Crippen molar-refractivity contribution in [2.24, 2.45) is 5.14 Å². The molecule has 0 aliphatic carbocycles. The van der Waals surface area contributed by atoms with E-state index < -0.39 is 10.2 Å². The zero-order valence-electron chi connectivity index (χ0n) is 12.0. The Hall–Kier alpha value is -2.16. The van der Waals surface area contributed by atoms with Crippen molar-refractivity contribution in [1.29, 1.82) is 0 Å². The highest BCUT2D eigenvalue weighted by atomic mass is 32.2. The summed E-state index contributed by atoms with van der Waals surface area (Å²) in [5.74, 6) is 0.293. The molecule has 118 valence electrons. The molecule has 0 saturated heterocycles. The average Bonchev–Trinajstić information content (AvgIpc) is 2.98. The standard InChI is InChI=1S/C14H17N3O4S/c1-16-14(18)12-6-4-11(5-7-12)9-17(22(15,19)20)10-13-3-2-8-21-13/h2-8H,9-10H2,1H3,(H,16,18)(H2,15,19,20). The third-order valence-electron chi connectivity index (χ3n) is 3.07. The highest BCUT2D eigenvalue weighted by Crippen LogP contribution is 2.13. The van der Waals surface area contributed by atoms with E-state index in [2.05, 4.69) is 5.32 Å². The fourth-order valence-electron chi connectivity index (χ4n) is 1.92. The van der Waals surface area contributed by atoms with E-state index in [1.54, 1.807) is 43.4 Å². The molecule has 0 aliphatic heterocycles. The maximum Gasteiger partial charge on any atom is 0.277 e. The molecular weight excluding hydrogens is 306 g/mol. The molecule has 1 aromatic heterocycles. The summed E-state index contributed by atoms with van der Waals surface area (Å²) in [4.78, 5) is 11.5. The molecule has 1 aromatic carbocycles. The van der Waals surface area contributed by atoms with Crippen LogP contribution < -0.4 is 10.5 Å². The monoisotopic (exact) mass is 323 g/mol. The maximum absolute atomic E-state index is 11.7. The Labute approximate surface area is 128 Å². The van der Waals surface area contributed by atoms with E-state index in [1.807, 2.05) is 0 Å². The number of amides is 1. The van der Waals surface area contributed by atoms with Crippen LogP contribution in [0.25, 0.3) is 0 Å². The summed E-state index contributed by atoms with van der Waals surface area (Å²) >= 11 is 0. The first-order chi connectivity index (χ1) is 10.4. The highest BCUT2D eigenvalue weighted by Gasteiger charge is 2.19. The first kappa shape index (κ1) is 16.2. The summed E-state index contributed by atoms with van der Waals surface area (Å²) in [5.41, 5.74) is 1.22. The fraction of sp³-hybridized carbons (Fsp3) is 0.214. The van der Waals surface area contributed by atoms with Crippen LogP contribution in [0, 0.1) is 0 Å². The van der Waals surface area contributed by atoms with Gasteiger partial charge in [-0.25, -0.2) is 5.14 Å². The number of furan rings is 1. The number of carbonyl (C=O) groups is 1. The summed E-state index contributed by atoms with van der Waals surface area (Å²) in [5, 5.41) is 7.75. The minimum absolute atomic E-state index is 0.0447. The lowest BCUT2D eigenvalue weighted by Crippen LogP contribution is -2.35. The van der Waals surface area contributed by atoms with Crippen molar-refractivity contribution in [3.8, 4) is 0 Å². The number of carbonyl (C=O) groups excluding carboxylic acids is 1. The van der Waals surface area contributed by atoms with Crippen molar-refractivity contribution in [3.05, 3.63) is 59.5 Å². The Bertz CT molecular complexity index is 724. The molecular formula is C14H17N3O4S. The van der Waals surface area contributed by atoms with E-state index in [0.717, 1.165) is 4.31 Å². The maximum atomic E-state index is 11.7. The van der Waals surface area contributed by atoms with Crippen LogP contribution in [0.3, 0.4) is 0 Å². The number of nitrogens with two attached hydrogens (primary N) is 1. The summed E-state index contributed by atoms with van der Waals surface area (Å²) in [7, 11) is -2.33. The molecule has 22 heavy (non-hydrogen) atoms. The fourth-order valence-corrected chi connectivity index (χ4v) is 2.56. The van der Waals surface area contributed by atoms with E-state index in [9.17, 15) is 13.2 Å². The van der Waals surface area contributed by atoms with Crippen LogP contribution in [-0.4, -0.2) is 25.7 Å². The lowest BCUT2D eigenvalue weighted by Gasteiger charge is -2.18. The largest absolute Gasteiger partial charge is 0.468 e. The normalized spacial score (nSPS) is 11.6. The summed E-state index contributed by atoms with van der Waals surface area (Å²) in [6.45, 7) is 0.136. The average molecular weight is 323 g/mol. The smallest absolute Gasteiger partial charge is 0.277 e. The SMILES string of the molecule is CNC(=O)c1ccc(CN(Cc2ccco2)S(N)(=O)=O)cc1. The molecule has 0 saturated carbocycles. The van der Waals surface area contributed by atoms with Crippen molar-refractivity contribution in [2.45, 2.75) is 13.1 Å². The van der Waals surface area contributed by atoms with Crippen molar-refractivity contribution in [1.82, 2.24) is 9.62 Å². The second kappa shape index (κ2) is 6.73. The quantitative estimate of drug-likeness (QED) is 0.822. The van der Waals surface area contributed by atoms with E-state index >= 15 is 0 Å².